The second-order valence-electron chi connectivity index (χ2n) is 13.8. The van der Waals surface area contributed by atoms with Gasteiger partial charge in [0.1, 0.15) is 17.2 Å². The van der Waals surface area contributed by atoms with Crippen LogP contribution in [0.2, 0.25) is 0 Å². The quantitative estimate of drug-likeness (QED) is 0.313. The van der Waals surface area contributed by atoms with Crippen LogP contribution < -0.4 is 19.9 Å². The minimum atomic E-state index is -1.09. The number of amides is 2. The van der Waals surface area contributed by atoms with Crippen molar-refractivity contribution < 1.29 is 24.2 Å². The third-order valence-electron chi connectivity index (χ3n) is 8.27. The zero-order chi connectivity index (χ0) is 31.8. The molecule has 0 bridgehead atoms. The van der Waals surface area contributed by atoms with E-state index in [0.29, 0.717) is 35.9 Å². The fourth-order valence-corrected chi connectivity index (χ4v) is 6.41. The Kier molecular flexibility index (Phi) is 8.68. The van der Waals surface area contributed by atoms with Gasteiger partial charge in [0, 0.05) is 30.3 Å². The Labute approximate surface area is 259 Å². The fraction of sp³-hybridized carbons (Fsp3) is 0.576. The molecule has 44 heavy (non-hydrogen) atoms. The Morgan fingerprint density at radius 1 is 1.09 bits per heavy atom. The molecule has 0 saturated heterocycles. The summed E-state index contributed by atoms with van der Waals surface area (Å²) in [5, 5.41) is 18.4. The number of nitrogens with one attached hydrogen (secondary N) is 1. The summed E-state index contributed by atoms with van der Waals surface area (Å²) in [4.78, 5) is 34.3. The van der Waals surface area contributed by atoms with Gasteiger partial charge in [-0.3, -0.25) is 0 Å². The second-order valence-corrected chi connectivity index (χ2v) is 13.8. The molecule has 11 heteroatoms. The Morgan fingerprint density at radius 3 is 2.45 bits per heavy atom. The van der Waals surface area contributed by atoms with Gasteiger partial charge in [-0.15, -0.1) is 0 Å². The predicted octanol–water partition coefficient (Wildman–Crippen LogP) is 6.83. The van der Waals surface area contributed by atoms with E-state index in [2.05, 4.69) is 36.1 Å². The number of hydrogen-bond donors (Lipinski definition) is 2. The molecule has 3 heterocycles. The van der Waals surface area contributed by atoms with E-state index in [1.54, 1.807) is 10.7 Å². The SMILES string of the molecule is CCOc1ccc(N(C(=O)O)c2c3c(nc4ccnn24)N(C2CCC(NC(=O)OC(C)(C)C)CC2)CCC3)c(C(C)(C)C)c1. The Balaban J connectivity index is 1.51. The maximum absolute atomic E-state index is 13.2. The molecule has 2 aliphatic rings. The summed E-state index contributed by atoms with van der Waals surface area (Å²) in [5.41, 5.74) is 2.01. The summed E-state index contributed by atoms with van der Waals surface area (Å²) in [6.45, 7) is 15.1. The Hall–Kier alpha value is -4.02. The molecule has 0 atom stereocenters. The number of hydrogen-bond acceptors (Lipinski definition) is 7. The molecule has 0 radical (unpaired) electrons. The van der Waals surface area contributed by atoms with Gasteiger partial charge in [-0.2, -0.15) is 9.61 Å². The van der Waals surface area contributed by atoms with Crippen LogP contribution in [0.5, 0.6) is 5.75 Å². The molecule has 238 valence electrons. The molecule has 11 nitrogen and oxygen atoms in total. The summed E-state index contributed by atoms with van der Waals surface area (Å²) >= 11 is 0. The molecule has 1 aliphatic heterocycles. The van der Waals surface area contributed by atoms with Crippen LogP contribution in [0.15, 0.2) is 30.5 Å². The van der Waals surface area contributed by atoms with Crippen LogP contribution in [0.25, 0.3) is 5.65 Å². The monoisotopic (exact) mass is 606 g/mol. The van der Waals surface area contributed by atoms with Crippen molar-refractivity contribution in [2.75, 3.05) is 23.0 Å². The highest BCUT2D eigenvalue weighted by Crippen LogP contribution is 2.43. The van der Waals surface area contributed by atoms with Crippen molar-refractivity contribution in [2.45, 2.75) is 110 Å². The molecule has 1 aromatic carbocycles. The van der Waals surface area contributed by atoms with Crippen molar-refractivity contribution in [3.05, 3.63) is 41.6 Å². The highest BCUT2D eigenvalue weighted by atomic mass is 16.6. The van der Waals surface area contributed by atoms with Crippen LogP contribution in [0, 0.1) is 0 Å². The third-order valence-corrected chi connectivity index (χ3v) is 8.27. The van der Waals surface area contributed by atoms with E-state index < -0.39 is 11.7 Å². The first-order valence-corrected chi connectivity index (χ1v) is 15.7. The zero-order valence-electron chi connectivity index (χ0n) is 27.0. The van der Waals surface area contributed by atoms with Gasteiger partial charge in [0.05, 0.1) is 18.5 Å². The lowest BCUT2D eigenvalue weighted by molar-refractivity contribution is 0.0491. The second kappa shape index (κ2) is 12.2. The van der Waals surface area contributed by atoms with Gasteiger partial charge >= 0.3 is 12.2 Å². The minimum Gasteiger partial charge on any atom is -0.494 e. The number of nitrogens with zero attached hydrogens (tertiary/aromatic N) is 5. The highest BCUT2D eigenvalue weighted by molar-refractivity contribution is 5.97. The Bertz CT molecular complexity index is 1510. The molecular formula is C33H46N6O5. The van der Waals surface area contributed by atoms with E-state index in [9.17, 15) is 14.7 Å². The van der Waals surface area contributed by atoms with E-state index in [-0.39, 0.29) is 23.6 Å². The number of alkyl carbamates (subject to hydrolysis) is 1. The van der Waals surface area contributed by atoms with Crippen molar-refractivity contribution in [3.63, 3.8) is 0 Å². The molecule has 1 fully saturated rings. The molecule has 0 unspecified atom stereocenters. The summed E-state index contributed by atoms with van der Waals surface area (Å²) in [6, 6.07) is 7.71. The van der Waals surface area contributed by atoms with Gasteiger partial charge in [0.25, 0.3) is 0 Å². The van der Waals surface area contributed by atoms with Gasteiger partial charge in [-0.25, -0.2) is 19.5 Å². The molecule has 5 rings (SSSR count). The van der Waals surface area contributed by atoms with Crippen LogP contribution in [-0.2, 0) is 16.6 Å². The van der Waals surface area contributed by atoms with Crippen LogP contribution in [0.1, 0.15) is 91.7 Å². The maximum atomic E-state index is 13.2. The first-order chi connectivity index (χ1) is 20.8. The van der Waals surface area contributed by atoms with Crippen molar-refractivity contribution in [1.29, 1.82) is 0 Å². The van der Waals surface area contributed by atoms with Crippen molar-refractivity contribution >= 4 is 35.2 Å². The largest absolute Gasteiger partial charge is 0.494 e. The van der Waals surface area contributed by atoms with E-state index in [1.807, 2.05) is 52.0 Å². The lowest BCUT2D eigenvalue weighted by Crippen LogP contribution is -2.47. The average molecular weight is 607 g/mol. The third kappa shape index (κ3) is 6.56. The summed E-state index contributed by atoms with van der Waals surface area (Å²) in [6.07, 6.45) is 5.19. The number of carbonyl (C=O) groups is 2. The lowest BCUT2D eigenvalue weighted by atomic mass is 9.85. The number of fused-ring (bicyclic) bond motifs is 2. The highest BCUT2D eigenvalue weighted by Gasteiger charge is 2.36. The summed E-state index contributed by atoms with van der Waals surface area (Å²) in [7, 11) is 0. The minimum absolute atomic E-state index is 0.0594. The smallest absolute Gasteiger partial charge is 0.417 e. The van der Waals surface area contributed by atoms with Gasteiger partial charge < -0.3 is 24.8 Å². The molecule has 2 aromatic heterocycles. The van der Waals surface area contributed by atoms with Crippen LogP contribution >= 0.6 is 0 Å². The average Bonchev–Trinajstić information content (AvgIpc) is 3.40. The number of carboxylic acid groups (broad SMARTS) is 1. The lowest BCUT2D eigenvalue weighted by Gasteiger charge is -2.41. The first kappa shape index (κ1) is 31.4. The topological polar surface area (TPSA) is 122 Å². The van der Waals surface area contributed by atoms with E-state index in [4.69, 9.17) is 14.5 Å². The Morgan fingerprint density at radius 2 is 1.82 bits per heavy atom. The molecule has 1 aliphatic carbocycles. The van der Waals surface area contributed by atoms with Gasteiger partial charge in [-0.05, 0) is 95.4 Å². The van der Waals surface area contributed by atoms with Crippen molar-refractivity contribution in [3.8, 4) is 5.75 Å². The molecule has 0 spiro atoms. The zero-order valence-corrected chi connectivity index (χ0v) is 27.0. The predicted molar refractivity (Wildman–Crippen MR) is 171 cm³/mol. The normalized spacial score (nSPS) is 18.9. The number of carbonyl (C=O) groups excluding carboxylic acids is 1. The van der Waals surface area contributed by atoms with E-state index in [0.717, 1.165) is 55.6 Å². The standard InChI is InChI=1S/C33H46N6O5/c1-8-43-23-15-16-26(25(20-23)32(2,3)4)38(31(41)42)29-24-10-9-19-37(28(24)36-27-17-18-34-39(27)29)22-13-11-21(12-14-22)35-30(40)44-33(5,6)7/h15-18,20-22H,8-14,19H2,1-7H3,(H,35,40)(H,41,42). The maximum Gasteiger partial charge on any atom is 0.417 e. The van der Waals surface area contributed by atoms with Gasteiger partial charge in [0.2, 0.25) is 0 Å². The molecule has 2 N–H and O–H groups in total. The molecule has 1 saturated carbocycles. The van der Waals surface area contributed by atoms with Crippen LogP contribution in [0.4, 0.5) is 26.9 Å². The summed E-state index contributed by atoms with van der Waals surface area (Å²) in [5.74, 6) is 2.02. The van der Waals surface area contributed by atoms with Crippen LogP contribution in [0.3, 0.4) is 0 Å². The van der Waals surface area contributed by atoms with E-state index >= 15 is 0 Å². The summed E-state index contributed by atoms with van der Waals surface area (Å²) < 4.78 is 12.9. The molecular weight excluding hydrogens is 560 g/mol. The van der Waals surface area contributed by atoms with Crippen LogP contribution in [-0.4, -0.2) is 62.7 Å². The van der Waals surface area contributed by atoms with E-state index in [1.165, 1.54) is 4.90 Å². The van der Waals surface area contributed by atoms with Crippen molar-refractivity contribution in [1.82, 2.24) is 19.9 Å². The fourth-order valence-electron chi connectivity index (χ4n) is 6.41. The number of anilines is 3. The number of rotatable bonds is 6. The van der Waals surface area contributed by atoms with Gasteiger partial charge in [-0.1, -0.05) is 20.8 Å². The molecule has 2 amide bonds. The number of benzene rings is 1. The first-order valence-electron chi connectivity index (χ1n) is 15.7. The van der Waals surface area contributed by atoms with Crippen molar-refractivity contribution in [2.24, 2.45) is 0 Å². The van der Waals surface area contributed by atoms with Gasteiger partial charge in [0.15, 0.2) is 11.5 Å². The number of aromatic nitrogens is 3. The molecule has 3 aromatic rings. The number of ether oxygens (including phenoxy) is 2.